The molecule has 4 atom stereocenters. The molecule has 7 rings (SSSR count). The molecule has 222 valence electrons. The highest BCUT2D eigenvalue weighted by atomic mass is 35.5. The van der Waals surface area contributed by atoms with Gasteiger partial charge in [-0.3, -0.25) is 19.4 Å². The predicted molar refractivity (Wildman–Crippen MR) is 158 cm³/mol. The molecule has 44 heavy (non-hydrogen) atoms. The number of halogens is 3. The Morgan fingerprint density at radius 1 is 0.909 bits per heavy atom. The molecule has 3 heterocycles. The minimum absolute atomic E-state index is 0.159. The van der Waals surface area contributed by atoms with Gasteiger partial charge in [-0.25, -0.2) is 18.7 Å². The van der Waals surface area contributed by atoms with Crippen LogP contribution in [0, 0.1) is 17.6 Å². The topological polar surface area (TPSA) is 98.0 Å². The van der Waals surface area contributed by atoms with Crippen molar-refractivity contribution in [3.63, 3.8) is 0 Å². The first kappa shape index (κ1) is 28.0. The molecule has 3 aromatic carbocycles. The number of anilines is 1. The van der Waals surface area contributed by atoms with E-state index >= 15 is 0 Å². The Morgan fingerprint density at radius 3 is 2.30 bits per heavy atom. The van der Waals surface area contributed by atoms with Crippen LogP contribution in [0.15, 0.2) is 93.8 Å². The van der Waals surface area contributed by atoms with Crippen LogP contribution in [0.25, 0.3) is 6.08 Å². The number of hydrogen-bond acceptors (Lipinski definition) is 7. The Hall–Kier alpha value is -4.77. The van der Waals surface area contributed by atoms with Crippen molar-refractivity contribution in [3.05, 3.63) is 106 Å². The van der Waals surface area contributed by atoms with Gasteiger partial charge in [-0.2, -0.15) is 10.2 Å². The van der Waals surface area contributed by atoms with Crippen LogP contribution in [0.2, 0.25) is 5.02 Å². The van der Waals surface area contributed by atoms with Gasteiger partial charge >= 0.3 is 0 Å². The molecule has 0 radical (unpaired) electrons. The monoisotopic (exact) mass is 614 g/mol. The highest BCUT2D eigenvalue weighted by Gasteiger charge is 2.55. The zero-order valence-electron chi connectivity index (χ0n) is 23.2. The van der Waals surface area contributed by atoms with Crippen LogP contribution in [-0.2, 0) is 14.4 Å². The summed E-state index contributed by atoms with van der Waals surface area (Å²) < 4.78 is 27.4. The van der Waals surface area contributed by atoms with Crippen LogP contribution in [0.3, 0.4) is 0 Å². The van der Waals surface area contributed by atoms with E-state index in [0.29, 0.717) is 16.3 Å². The maximum Gasteiger partial charge on any atom is 0.264 e. The summed E-state index contributed by atoms with van der Waals surface area (Å²) >= 11 is 5.98. The van der Waals surface area contributed by atoms with Gasteiger partial charge in [-0.05, 0) is 90.6 Å². The lowest BCUT2D eigenvalue weighted by molar-refractivity contribution is -0.136. The molecule has 1 saturated carbocycles. The number of hydrogen-bond donors (Lipinski definition) is 0. The molecular formula is C32H25ClF2N6O3. The maximum atomic E-state index is 14.0. The second-order valence-corrected chi connectivity index (χ2v) is 11.6. The number of nitrogens with zero attached hydrogens (tertiary/aromatic N) is 6. The highest BCUT2D eigenvalue weighted by molar-refractivity contribution is 6.31. The fourth-order valence-electron chi connectivity index (χ4n) is 6.37. The minimum atomic E-state index is -1.07. The summed E-state index contributed by atoms with van der Waals surface area (Å²) in [5, 5.41) is 16.0. The quantitative estimate of drug-likeness (QED) is 0.343. The van der Waals surface area contributed by atoms with Crippen molar-refractivity contribution in [2.24, 2.45) is 21.4 Å². The number of allylic oxidation sites excluding steroid dienone is 1. The Labute approximate surface area is 256 Å². The number of hydrazone groups is 1. The van der Waals surface area contributed by atoms with E-state index in [-0.39, 0.29) is 18.3 Å². The summed E-state index contributed by atoms with van der Waals surface area (Å²) in [4.78, 5) is 41.6. The van der Waals surface area contributed by atoms with Crippen LogP contribution in [0.1, 0.15) is 36.4 Å². The van der Waals surface area contributed by atoms with Crippen molar-refractivity contribution in [1.82, 2.24) is 10.0 Å². The molecule has 0 bridgehead atoms. The molecule has 0 unspecified atom stereocenters. The second-order valence-electron chi connectivity index (χ2n) is 11.1. The highest BCUT2D eigenvalue weighted by Crippen LogP contribution is 2.45. The molecule has 1 aliphatic carbocycles. The third-order valence-electron chi connectivity index (χ3n) is 8.42. The molecule has 12 heteroatoms. The van der Waals surface area contributed by atoms with Crippen molar-refractivity contribution in [1.29, 1.82) is 0 Å². The Bertz CT molecular complexity index is 1740. The van der Waals surface area contributed by atoms with E-state index in [4.69, 9.17) is 16.7 Å². The van der Waals surface area contributed by atoms with Crippen molar-refractivity contribution < 1.29 is 23.2 Å². The zero-order chi connectivity index (χ0) is 30.5. The normalized spacial score (nSPS) is 25.1. The van der Waals surface area contributed by atoms with Crippen LogP contribution < -0.4 is 4.90 Å². The summed E-state index contributed by atoms with van der Waals surface area (Å²) in [7, 11) is 0. The molecule has 2 fully saturated rings. The van der Waals surface area contributed by atoms with E-state index in [1.807, 2.05) is 6.08 Å². The lowest BCUT2D eigenvalue weighted by Crippen LogP contribution is -2.45. The molecule has 4 aliphatic rings. The van der Waals surface area contributed by atoms with Crippen molar-refractivity contribution in [3.8, 4) is 0 Å². The number of rotatable bonds is 5. The number of fused-ring (bicyclic) bond motifs is 2. The van der Waals surface area contributed by atoms with Gasteiger partial charge in [0.05, 0.1) is 17.4 Å². The molecule has 1 saturated heterocycles. The van der Waals surface area contributed by atoms with Gasteiger partial charge in [0.15, 0.2) is 12.1 Å². The van der Waals surface area contributed by atoms with Gasteiger partial charge in [0.25, 0.3) is 17.7 Å². The van der Waals surface area contributed by atoms with Gasteiger partial charge in [0.1, 0.15) is 18.2 Å². The van der Waals surface area contributed by atoms with Gasteiger partial charge in [-0.15, -0.1) is 0 Å². The standard InChI is InChI=1S/C32H25ClF2N6O3/c33-21-8-14-24(15-9-21)40-31(43)28-30(32(40)44)39(38-36-28)17-26(42)41-29(19-6-12-23(35)13-7-19)25-3-1-2-20(27(25)37-41)16-18-4-10-22(34)11-5-18/h4-16,25,28-30H,1-3,17H2/b20-16+/t25-,28+,29+,30-/m0/s1. The maximum absolute atomic E-state index is 14.0. The fourth-order valence-corrected chi connectivity index (χ4v) is 6.50. The average molecular weight is 615 g/mol. The molecule has 9 nitrogen and oxygen atoms in total. The Kier molecular flexibility index (Phi) is 7.04. The number of carbonyl (C=O) groups is 3. The van der Waals surface area contributed by atoms with Crippen molar-refractivity contribution in [2.45, 2.75) is 37.4 Å². The van der Waals surface area contributed by atoms with Crippen LogP contribution in [-0.4, -0.2) is 52.1 Å². The molecule has 0 N–H and O–H groups in total. The van der Waals surface area contributed by atoms with Crippen LogP contribution >= 0.6 is 11.6 Å². The summed E-state index contributed by atoms with van der Waals surface area (Å²) in [6.45, 7) is -0.351. The second kappa shape index (κ2) is 11.1. The summed E-state index contributed by atoms with van der Waals surface area (Å²) in [5.74, 6) is -2.42. The Morgan fingerprint density at radius 2 is 1.59 bits per heavy atom. The van der Waals surface area contributed by atoms with Crippen molar-refractivity contribution in [2.75, 3.05) is 11.4 Å². The van der Waals surface area contributed by atoms with E-state index in [9.17, 15) is 23.2 Å². The van der Waals surface area contributed by atoms with Crippen LogP contribution in [0.5, 0.6) is 0 Å². The van der Waals surface area contributed by atoms with Gasteiger partial charge in [-0.1, -0.05) is 41.1 Å². The Balaban J connectivity index is 1.18. The minimum Gasteiger partial charge on any atom is -0.271 e. The van der Waals surface area contributed by atoms with Gasteiger partial charge < -0.3 is 0 Å². The molecule has 3 aliphatic heterocycles. The lowest BCUT2D eigenvalue weighted by atomic mass is 9.77. The third kappa shape index (κ3) is 4.86. The average Bonchev–Trinajstić information content (AvgIpc) is 3.69. The number of benzene rings is 3. The molecule has 0 spiro atoms. The summed E-state index contributed by atoms with van der Waals surface area (Å²) in [6.07, 6.45) is 4.28. The van der Waals surface area contributed by atoms with E-state index in [1.165, 1.54) is 34.3 Å². The van der Waals surface area contributed by atoms with Gasteiger partial charge in [0.2, 0.25) is 0 Å². The molecule has 3 amide bonds. The van der Waals surface area contributed by atoms with Gasteiger partial charge in [0, 0.05) is 10.9 Å². The number of imide groups is 1. The van der Waals surface area contributed by atoms with E-state index in [0.717, 1.165) is 41.0 Å². The number of carbonyl (C=O) groups excluding carboxylic acids is 3. The largest absolute Gasteiger partial charge is 0.271 e. The first-order chi connectivity index (χ1) is 21.3. The molecular weight excluding hydrogens is 590 g/mol. The van der Waals surface area contributed by atoms with Crippen LogP contribution in [0.4, 0.5) is 14.5 Å². The zero-order valence-corrected chi connectivity index (χ0v) is 23.9. The molecule has 3 aromatic rings. The fraction of sp³-hybridized carbons (Fsp3) is 0.250. The smallest absolute Gasteiger partial charge is 0.264 e. The predicted octanol–water partition coefficient (Wildman–Crippen LogP) is 5.73. The SMILES string of the molecule is O=C1[C@@H]2[C@@H](N=NN2CC(=O)N2N=C3/C(=C/c4ccc(F)cc4)CCC[C@@H]3[C@H]2c2ccc(F)cc2)C(=O)N1c1ccc(Cl)cc1. The lowest BCUT2D eigenvalue weighted by Gasteiger charge is -2.30. The van der Waals surface area contributed by atoms with E-state index in [2.05, 4.69) is 10.3 Å². The van der Waals surface area contributed by atoms with E-state index < -0.39 is 41.7 Å². The third-order valence-corrected chi connectivity index (χ3v) is 8.67. The first-order valence-electron chi connectivity index (χ1n) is 14.2. The summed E-state index contributed by atoms with van der Waals surface area (Å²) in [6, 6.07) is 15.8. The molecule has 0 aromatic heterocycles. The first-order valence-corrected chi connectivity index (χ1v) is 14.6. The number of amides is 3. The summed E-state index contributed by atoms with van der Waals surface area (Å²) in [5.41, 5.74) is 3.56. The van der Waals surface area contributed by atoms with E-state index in [1.54, 1.807) is 48.5 Å². The van der Waals surface area contributed by atoms with Crippen molar-refractivity contribution >= 4 is 46.8 Å².